The molecular weight excluding hydrogens is 218 g/mol. The molecule has 0 saturated carbocycles. The first-order chi connectivity index (χ1) is 8.24. The second-order valence-electron chi connectivity index (χ2n) is 3.59. The van der Waals surface area contributed by atoms with Gasteiger partial charge in [-0.3, -0.25) is 4.79 Å². The third kappa shape index (κ3) is 5.36. The number of carbonyl (C=O) groups excluding carboxylic acids is 1. The number of carbonyl (C=O) groups is 1. The standard InChI is InChI=1S/C13H19NO3/c1-3-16-13(15)11(2)14-9-10-17-12-7-5-4-6-8-12/h4-8,11,14H,3,9-10H2,1-2H3/t11-/m0/s1. The first kappa shape index (κ1) is 13.5. The SMILES string of the molecule is CCOC(=O)[C@H](C)NCCOc1ccccc1. The van der Waals surface area contributed by atoms with E-state index >= 15 is 0 Å². The maximum Gasteiger partial charge on any atom is 0.322 e. The van der Waals surface area contributed by atoms with Crippen LogP contribution in [0.2, 0.25) is 0 Å². The van der Waals surface area contributed by atoms with Crippen molar-refractivity contribution in [2.75, 3.05) is 19.8 Å². The monoisotopic (exact) mass is 237 g/mol. The molecule has 4 nitrogen and oxygen atoms in total. The number of nitrogens with one attached hydrogen (secondary N) is 1. The fraction of sp³-hybridized carbons (Fsp3) is 0.462. The summed E-state index contributed by atoms with van der Waals surface area (Å²) in [6.45, 7) is 5.11. The molecular formula is C13H19NO3. The Morgan fingerprint density at radius 1 is 1.35 bits per heavy atom. The first-order valence-electron chi connectivity index (χ1n) is 5.82. The minimum absolute atomic E-state index is 0.229. The van der Waals surface area contributed by atoms with E-state index in [1.165, 1.54) is 0 Å². The Hall–Kier alpha value is -1.55. The highest BCUT2D eigenvalue weighted by molar-refractivity contribution is 5.75. The molecule has 0 aliphatic carbocycles. The number of ether oxygens (including phenoxy) is 2. The summed E-state index contributed by atoms with van der Waals surface area (Å²) in [5.74, 6) is 0.602. The van der Waals surface area contributed by atoms with Gasteiger partial charge in [0.2, 0.25) is 0 Å². The molecule has 17 heavy (non-hydrogen) atoms. The van der Waals surface area contributed by atoms with Crippen LogP contribution in [0.5, 0.6) is 5.75 Å². The van der Waals surface area contributed by atoms with E-state index in [1.807, 2.05) is 30.3 Å². The molecule has 0 amide bonds. The summed E-state index contributed by atoms with van der Waals surface area (Å²) in [5, 5.41) is 3.04. The van der Waals surface area contributed by atoms with Gasteiger partial charge in [0, 0.05) is 6.54 Å². The lowest BCUT2D eigenvalue weighted by Crippen LogP contribution is -2.37. The number of rotatable bonds is 7. The molecule has 0 heterocycles. The highest BCUT2D eigenvalue weighted by Gasteiger charge is 2.11. The number of para-hydroxylation sites is 1. The Morgan fingerprint density at radius 3 is 2.71 bits per heavy atom. The summed E-state index contributed by atoms with van der Waals surface area (Å²) in [5.41, 5.74) is 0. The van der Waals surface area contributed by atoms with E-state index in [-0.39, 0.29) is 12.0 Å². The summed E-state index contributed by atoms with van der Waals surface area (Å²) in [6.07, 6.45) is 0. The van der Waals surface area contributed by atoms with Crippen LogP contribution in [0.4, 0.5) is 0 Å². The molecule has 4 heteroatoms. The number of esters is 1. The molecule has 0 aliphatic heterocycles. The molecule has 0 aromatic heterocycles. The summed E-state index contributed by atoms with van der Waals surface area (Å²) < 4.78 is 10.4. The van der Waals surface area contributed by atoms with Crippen molar-refractivity contribution >= 4 is 5.97 Å². The normalized spacial score (nSPS) is 11.9. The van der Waals surface area contributed by atoms with Gasteiger partial charge in [0.25, 0.3) is 0 Å². The van der Waals surface area contributed by atoms with Gasteiger partial charge >= 0.3 is 5.97 Å². The molecule has 1 atom stereocenters. The van der Waals surface area contributed by atoms with Crippen LogP contribution in [0.1, 0.15) is 13.8 Å². The number of hydrogen-bond donors (Lipinski definition) is 1. The molecule has 0 unspecified atom stereocenters. The summed E-state index contributed by atoms with van der Waals surface area (Å²) in [6, 6.07) is 9.28. The minimum atomic E-state index is -0.297. The van der Waals surface area contributed by atoms with Crippen molar-refractivity contribution in [2.45, 2.75) is 19.9 Å². The smallest absolute Gasteiger partial charge is 0.322 e. The number of hydrogen-bond acceptors (Lipinski definition) is 4. The number of benzene rings is 1. The first-order valence-corrected chi connectivity index (χ1v) is 5.82. The third-order valence-corrected chi connectivity index (χ3v) is 2.20. The molecule has 0 aliphatic rings. The van der Waals surface area contributed by atoms with Gasteiger partial charge in [-0.05, 0) is 26.0 Å². The predicted octanol–water partition coefficient (Wildman–Crippen LogP) is 1.61. The van der Waals surface area contributed by atoms with Crippen molar-refractivity contribution < 1.29 is 14.3 Å². The fourth-order valence-corrected chi connectivity index (χ4v) is 1.31. The lowest BCUT2D eigenvalue weighted by molar-refractivity contribution is -0.145. The van der Waals surface area contributed by atoms with E-state index in [0.717, 1.165) is 5.75 Å². The van der Waals surface area contributed by atoms with Crippen LogP contribution in [-0.2, 0) is 9.53 Å². The van der Waals surface area contributed by atoms with Crippen molar-refractivity contribution in [1.29, 1.82) is 0 Å². The van der Waals surface area contributed by atoms with Crippen molar-refractivity contribution in [3.8, 4) is 5.75 Å². The summed E-state index contributed by atoms with van der Waals surface area (Å²) >= 11 is 0. The third-order valence-electron chi connectivity index (χ3n) is 2.20. The van der Waals surface area contributed by atoms with Crippen LogP contribution in [0, 0.1) is 0 Å². The van der Waals surface area contributed by atoms with Crippen LogP contribution in [-0.4, -0.2) is 31.8 Å². The van der Waals surface area contributed by atoms with Crippen molar-refractivity contribution in [1.82, 2.24) is 5.32 Å². The highest BCUT2D eigenvalue weighted by Crippen LogP contribution is 2.07. The van der Waals surface area contributed by atoms with E-state index in [0.29, 0.717) is 19.8 Å². The Kier molecular flexibility index (Phi) is 6.10. The molecule has 0 radical (unpaired) electrons. The average Bonchev–Trinajstić information content (AvgIpc) is 2.36. The second-order valence-corrected chi connectivity index (χ2v) is 3.59. The highest BCUT2D eigenvalue weighted by atomic mass is 16.5. The molecule has 0 spiro atoms. The quantitative estimate of drug-likeness (QED) is 0.578. The molecule has 1 rings (SSSR count). The van der Waals surface area contributed by atoms with Gasteiger partial charge in [-0.2, -0.15) is 0 Å². The molecule has 94 valence electrons. The Labute approximate surface area is 102 Å². The van der Waals surface area contributed by atoms with E-state index in [4.69, 9.17) is 9.47 Å². The Bertz CT molecular complexity index is 327. The van der Waals surface area contributed by atoms with Crippen molar-refractivity contribution in [3.63, 3.8) is 0 Å². The van der Waals surface area contributed by atoms with Gasteiger partial charge in [-0.25, -0.2) is 0 Å². The van der Waals surface area contributed by atoms with Crippen LogP contribution in [0.15, 0.2) is 30.3 Å². The second kappa shape index (κ2) is 7.68. The van der Waals surface area contributed by atoms with Crippen LogP contribution >= 0.6 is 0 Å². The summed E-state index contributed by atoms with van der Waals surface area (Å²) in [7, 11) is 0. The Morgan fingerprint density at radius 2 is 2.06 bits per heavy atom. The molecule has 0 saturated heterocycles. The van der Waals surface area contributed by atoms with E-state index in [1.54, 1.807) is 13.8 Å². The van der Waals surface area contributed by atoms with E-state index in [2.05, 4.69) is 5.32 Å². The average molecular weight is 237 g/mol. The molecule has 0 fully saturated rings. The maximum absolute atomic E-state index is 11.3. The zero-order valence-corrected chi connectivity index (χ0v) is 10.3. The van der Waals surface area contributed by atoms with Crippen LogP contribution in [0.25, 0.3) is 0 Å². The van der Waals surface area contributed by atoms with Crippen LogP contribution < -0.4 is 10.1 Å². The van der Waals surface area contributed by atoms with Crippen molar-refractivity contribution in [3.05, 3.63) is 30.3 Å². The lowest BCUT2D eigenvalue weighted by atomic mass is 10.3. The molecule has 1 aromatic rings. The zero-order chi connectivity index (χ0) is 12.5. The van der Waals surface area contributed by atoms with Gasteiger partial charge in [-0.15, -0.1) is 0 Å². The van der Waals surface area contributed by atoms with Gasteiger partial charge in [0.1, 0.15) is 18.4 Å². The summed E-state index contributed by atoms with van der Waals surface area (Å²) in [4.78, 5) is 11.3. The topological polar surface area (TPSA) is 47.6 Å². The van der Waals surface area contributed by atoms with Crippen LogP contribution in [0.3, 0.4) is 0 Å². The van der Waals surface area contributed by atoms with E-state index in [9.17, 15) is 4.79 Å². The predicted molar refractivity (Wildman–Crippen MR) is 66.0 cm³/mol. The van der Waals surface area contributed by atoms with Gasteiger partial charge < -0.3 is 14.8 Å². The lowest BCUT2D eigenvalue weighted by Gasteiger charge is -2.12. The fourth-order valence-electron chi connectivity index (χ4n) is 1.31. The van der Waals surface area contributed by atoms with Crippen molar-refractivity contribution in [2.24, 2.45) is 0 Å². The molecule has 0 bridgehead atoms. The van der Waals surface area contributed by atoms with E-state index < -0.39 is 0 Å². The maximum atomic E-state index is 11.3. The largest absolute Gasteiger partial charge is 0.492 e. The van der Waals surface area contributed by atoms with Gasteiger partial charge in [0.15, 0.2) is 0 Å². The zero-order valence-electron chi connectivity index (χ0n) is 10.3. The molecule has 1 N–H and O–H groups in total. The Balaban J connectivity index is 2.14. The molecule has 1 aromatic carbocycles. The van der Waals surface area contributed by atoms with Gasteiger partial charge in [-0.1, -0.05) is 18.2 Å². The van der Waals surface area contributed by atoms with Gasteiger partial charge in [0.05, 0.1) is 6.61 Å². The minimum Gasteiger partial charge on any atom is -0.492 e.